The second-order valence-electron chi connectivity index (χ2n) is 5.82. The van der Waals surface area contributed by atoms with Gasteiger partial charge < -0.3 is 5.32 Å². The van der Waals surface area contributed by atoms with Crippen molar-refractivity contribution in [1.82, 2.24) is 14.8 Å². The van der Waals surface area contributed by atoms with E-state index in [1.807, 2.05) is 0 Å². The third-order valence-electron chi connectivity index (χ3n) is 3.85. The number of hydrogen-bond acceptors (Lipinski definition) is 5. The van der Waals surface area contributed by atoms with Crippen molar-refractivity contribution in [1.29, 1.82) is 0 Å². The maximum atomic E-state index is 12.6. The molecular formula is C14H12Cl4N4O3S. The summed E-state index contributed by atoms with van der Waals surface area (Å²) < 4.78 is 25.0. The molecule has 1 aliphatic heterocycles. The number of amides is 1. The Bertz CT molecular complexity index is 1010. The molecule has 3 rings (SSSR count). The fourth-order valence-electron chi connectivity index (χ4n) is 2.67. The lowest BCUT2D eigenvalue weighted by molar-refractivity contribution is 0.102. The van der Waals surface area contributed by atoms with Crippen molar-refractivity contribution in [3.05, 3.63) is 37.7 Å². The Labute approximate surface area is 169 Å². The molecule has 0 radical (unpaired) electrons. The average molecular weight is 458 g/mol. The first-order valence-corrected chi connectivity index (χ1v) is 10.7. The maximum absolute atomic E-state index is 12.6. The zero-order valence-corrected chi connectivity index (χ0v) is 17.1. The van der Waals surface area contributed by atoms with Crippen LogP contribution >= 0.6 is 46.4 Å². The van der Waals surface area contributed by atoms with Crippen molar-refractivity contribution in [3.8, 4) is 0 Å². The van der Waals surface area contributed by atoms with Gasteiger partial charge in [-0.3, -0.25) is 4.79 Å². The number of sulfone groups is 1. The molecule has 2 aromatic rings. The van der Waals surface area contributed by atoms with Gasteiger partial charge in [0.1, 0.15) is 11.0 Å². The van der Waals surface area contributed by atoms with Crippen LogP contribution in [0.25, 0.3) is 0 Å². The van der Waals surface area contributed by atoms with Gasteiger partial charge in [-0.15, -0.1) is 0 Å². The summed E-state index contributed by atoms with van der Waals surface area (Å²) in [6, 6.07) is 1.26. The van der Waals surface area contributed by atoms with Crippen LogP contribution in [-0.4, -0.2) is 40.6 Å². The van der Waals surface area contributed by atoms with Crippen LogP contribution in [0, 0.1) is 6.92 Å². The number of halogens is 4. The molecule has 0 bridgehead atoms. The summed E-state index contributed by atoms with van der Waals surface area (Å²) >= 11 is 23.7. The lowest BCUT2D eigenvalue weighted by atomic mass is 10.2. The highest BCUT2D eigenvalue weighted by Crippen LogP contribution is 2.36. The quantitative estimate of drug-likeness (QED) is 0.707. The predicted molar refractivity (Wildman–Crippen MR) is 102 cm³/mol. The van der Waals surface area contributed by atoms with Gasteiger partial charge in [0, 0.05) is 6.07 Å². The van der Waals surface area contributed by atoms with Gasteiger partial charge in [0.25, 0.3) is 5.91 Å². The Morgan fingerprint density at radius 2 is 1.92 bits per heavy atom. The normalized spacial score (nSPS) is 18.9. The van der Waals surface area contributed by atoms with Gasteiger partial charge in [-0.25, -0.2) is 18.1 Å². The standard InChI is InChI=1S/C14H12Cl4N4O3S/c1-6-4-8(22(21-6)7-2-3-26(24,25)5-7)19-14(23)12-10(16)9(15)11(17)13(18)20-12/h4,7H,2-3,5H2,1H3,(H,19,23). The van der Waals surface area contributed by atoms with E-state index in [4.69, 9.17) is 46.4 Å². The molecule has 1 aliphatic rings. The average Bonchev–Trinajstić information content (AvgIpc) is 3.10. The number of aryl methyl sites for hydroxylation is 1. The molecule has 1 amide bonds. The fourth-order valence-corrected chi connectivity index (χ4v) is 5.18. The minimum absolute atomic E-state index is 0.0331. The molecule has 1 fully saturated rings. The van der Waals surface area contributed by atoms with Crippen molar-refractivity contribution in [2.24, 2.45) is 0 Å². The number of nitrogens with one attached hydrogen (secondary N) is 1. The second-order valence-corrected chi connectivity index (χ2v) is 9.54. The van der Waals surface area contributed by atoms with E-state index in [2.05, 4.69) is 15.4 Å². The highest BCUT2D eigenvalue weighted by molar-refractivity contribution is 7.91. The molecule has 1 N–H and O–H groups in total. The fraction of sp³-hybridized carbons (Fsp3) is 0.357. The lowest BCUT2D eigenvalue weighted by Crippen LogP contribution is -2.20. The number of anilines is 1. The molecule has 1 atom stereocenters. The van der Waals surface area contributed by atoms with Gasteiger partial charge in [0.15, 0.2) is 15.5 Å². The highest BCUT2D eigenvalue weighted by atomic mass is 35.5. The smallest absolute Gasteiger partial charge is 0.277 e. The van der Waals surface area contributed by atoms with Gasteiger partial charge in [0.05, 0.1) is 38.3 Å². The molecule has 12 heteroatoms. The van der Waals surface area contributed by atoms with Crippen molar-refractivity contribution in [2.45, 2.75) is 19.4 Å². The number of rotatable bonds is 3. The predicted octanol–water partition coefficient (Wildman–Crippen LogP) is 3.81. The van der Waals surface area contributed by atoms with E-state index in [9.17, 15) is 13.2 Å². The molecule has 1 unspecified atom stereocenters. The number of aromatic nitrogens is 3. The number of carbonyl (C=O) groups excluding carboxylic acids is 1. The summed E-state index contributed by atoms with van der Waals surface area (Å²) in [5, 5.41) is 6.50. The molecule has 0 aliphatic carbocycles. The minimum atomic E-state index is -3.11. The van der Waals surface area contributed by atoms with E-state index in [-0.39, 0.29) is 43.5 Å². The highest BCUT2D eigenvalue weighted by Gasteiger charge is 2.32. The van der Waals surface area contributed by atoms with Crippen LogP contribution in [0.15, 0.2) is 6.07 Å². The van der Waals surface area contributed by atoms with Crippen molar-refractivity contribution in [2.75, 3.05) is 16.8 Å². The molecule has 26 heavy (non-hydrogen) atoms. The van der Waals surface area contributed by atoms with Gasteiger partial charge >= 0.3 is 0 Å². The molecule has 1 saturated heterocycles. The molecule has 7 nitrogen and oxygen atoms in total. The van der Waals surface area contributed by atoms with E-state index < -0.39 is 15.7 Å². The van der Waals surface area contributed by atoms with Crippen LogP contribution < -0.4 is 5.32 Å². The third kappa shape index (κ3) is 3.80. The van der Waals surface area contributed by atoms with Gasteiger partial charge in [-0.2, -0.15) is 5.10 Å². The second kappa shape index (κ2) is 7.16. The topological polar surface area (TPSA) is 94.0 Å². The number of nitrogens with zero attached hydrogens (tertiary/aromatic N) is 3. The zero-order chi connectivity index (χ0) is 19.2. The van der Waals surface area contributed by atoms with Crippen LogP contribution in [0.2, 0.25) is 20.2 Å². The summed E-state index contributed by atoms with van der Waals surface area (Å²) in [5.41, 5.74) is 0.423. The Morgan fingerprint density at radius 1 is 1.23 bits per heavy atom. The molecule has 0 spiro atoms. The SMILES string of the molecule is Cc1cc(NC(=O)c2nc(Cl)c(Cl)c(Cl)c2Cl)n(C2CCS(=O)(=O)C2)n1. The van der Waals surface area contributed by atoms with E-state index >= 15 is 0 Å². The molecular weight excluding hydrogens is 446 g/mol. The van der Waals surface area contributed by atoms with E-state index in [1.165, 1.54) is 4.68 Å². The third-order valence-corrected chi connectivity index (χ3v) is 7.28. The molecule has 140 valence electrons. The monoisotopic (exact) mass is 456 g/mol. The lowest BCUT2D eigenvalue weighted by Gasteiger charge is -2.14. The summed E-state index contributed by atoms with van der Waals surface area (Å²) in [6.07, 6.45) is 0.421. The van der Waals surface area contributed by atoms with Crippen LogP contribution in [-0.2, 0) is 9.84 Å². The summed E-state index contributed by atoms with van der Waals surface area (Å²) in [5.74, 6) is -0.291. The molecule has 0 saturated carbocycles. The first-order chi connectivity index (χ1) is 12.1. The Hall–Kier alpha value is -1.06. The molecule has 3 heterocycles. The van der Waals surface area contributed by atoms with Crippen LogP contribution in [0.4, 0.5) is 5.82 Å². The van der Waals surface area contributed by atoms with Gasteiger partial charge in [-0.05, 0) is 13.3 Å². The molecule has 0 aromatic carbocycles. The molecule has 2 aromatic heterocycles. The Morgan fingerprint density at radius 3 is 2.54 bits per heavy atom. The van der Waals surface area contributed by atoms with Crippen LogP contribution in [0.5, 0.6) is 0 Å². The number of hydrogen-bond donors (Lipinski definition) is 1. The zero-order valence-electron chi connectivity index (χ0n) is 13.3. The number of pyridine rings is 1. The summed E-state index contributed by atoms with van der Waals surface area (Å²) in [6.45, 7) is 1.73. The van der Waals surface area contributed by atoms with Gasteiger partial charge in [-0.1, -0.05) is 46.4 Å². The van der Waals surface area contributed by atoms with E-state index in [0.29, 0.717) is 17.9 Å². The Balaban J connectivity index is 1.92. The largest absolute Gasteiger partial charge is 0.305 e. The van der Waals surface area contributed by atoms with Crippen LogP contribution in [0.3, 0.4) is 0 Å². The van der Waals surface area contributed by atoms with E-state index in [1.54, 1.807) is 13.0 Å². The van der Waals surface area contributed by atoms with Crippen LogP contribution in [0.1, 0.15) is 28.6 Å². The summed E-state index contributed by atoms with van der Waals surface area (Å²) in [4.78, 5) is 16.4. The Kier molecular flexibility index (Phi) is 5.43. The minimum Gasteiger partial charge on any atom is -0.305 e. The van der Waals surface area contributed by atoms with Crippen molar-refractivity contribution < 1.29 is 13.2 Å². The summed E-state index contributed by atoms with van der Waals surface area (Å²) in [7, 11) is -3.11. The van der Waals surface area contributed by atoms with Crippen molar-refractivity contribution >= 4 is 68.0 Å². The first-order valence-electron chi connectivity index (χ1n) is 7.37. The number of carbonyl (C=O) groups is 1. The van der Waals surface area contributed by atoms with Crippen molar-refractivity contribution in [3.63, 3.8) is 0 Å². The van der Waals surface area contributed by atoms with Gasteiger partial charge in [0.2, 0.25) is 0 Å². The van der Waals surface area contributed by atoms with E-state index in [0.717, 1.165) is 0 Å². The maximum Gasteiger partial charge on any atom is 0.277 e. The first kappa shape index (κ1) is 19.7.